The van der Waals surface area contributed by atoms with Gasteiger partial charge in [0.1, 0.15) is 12.2 Å². The van der Waals surface area contributed by atoms with Gasteiger partial charge in [-0.25, -0.2) is 9.18 Å². The van der Waals surface area contributed by atoms with Crippen LogP contribution in [0.4, 0.5) is 4.39 Å². The van der Waals surface area contributed by atoms with E-state index in [9.17, 15) is 29.3 Å². The van der Waals surface area contributed by atoms with Gasteiger partial charge in [0.05, 0.1) is 6.10 Å². The zero-order valence-electron chi connectivity index (χ0n) is 9.86. The Morgan fingerprint density at radius 1 is 1.58 bits per heavy atom. The Hall–Kier alpha value is -1.55. The number of rotatable bonds is 2. The lowest BCUT2D eigenvalue weighted by atomic mass is 10.0. The average Bonchev–Trinajstić information content (AvgIpc) is 2.52. The maximum absolute atomic E-state index is 14.1. The molecule has 0 amide bonds. The van der Waals surface area contributed by atoms with E-state index in [4.69, 9.17) is 4.74 Å². The molecule has 1 saturated heterocycles. The number of aromatic nitrogens is 2. The van der Waals surface area contributed by atoms with Gasteiger partial charge in [-0.2, -0.15) is 0 Å². The number of H-pyrrole nitrogens is 1. The first kappa shape index (κ1) is 13.9. The van der Waals surface area contributed by atoms with Crippen LogP contribution in [0.1, 0.15) is 13.2 Å². The number of alkyl halides is 1. The minimum Gasteiger partial charge on any atom is -0.391 e. The third kappa shape index (κ3) is 2.21. The number of hydrogen-bond donors (Lipinski definition) is 4. The molecule has 1 aliphatic heterocycles. The van der Waals surface area contributed by atoms with Crippen LogP contribution in [0.2, 0.25) is 0 Å². The lowest BCUT2D eigenvalue weighted by Crippen LogP contribution is -2.46. The van der Waals surface area contributed by atoms with Crippen molar-refractivity contribution in [2.75, 3.05) is 0 Å². The fraction of sp³-hybridized carbons (Fsp3) is 0.600. The van der Waals surface area contributed by atoms with E-state index < -0.39 is 41.6 Å². The number of aliphatic hydroxyl groups excluding tert-OH is 2. The predicted molar refractivity (Wildman–Crippen MR) is 59.0 cm³/mol. The first-order valence-electron chi connectivity index (χ1n) is 5.49. The molecule has 2 rings (SSSR count). The lowest BCUT2D eigenvalue weighted by molar-refractivity contribution is -0.197. The van der Waals surface area contributed by atoms with E-state index in [1.54, 1.807) is 0 Å². The Balaban J connectivity index is 2.45. The van der Waals surface area contributed by atoms with Gasteiger partial charge in [-0.1, -0.05) is 0 Å². The normalized spacial score (nSPS) is 36.4. The first-order chi connectivity index (χ1) is 8.75. The molecule has 106 valence electrons. The monoisotopic (exact) mass is 276 g/mol. The summed E-state index contributed by atoms with van der Waals surface area (Å²) >= 11 is 0. The highest BCUT2D eigenvalue weighted by Gasteiger charge is 2.58. The van der Waals surface area contributed by atoms with Crippen molar-refractivity contribution in [1.82, 2.24) is 9.55 Å². The molecule has 19 heavy (non-hydrogen) atoms. The minimum atomic E-state index is -3.27. The Labute approximate surface area is 105 Å². The van der Waals surface area contributed by atoms with Crippen molar-refractivity contribution in [3.05, 3.63) is 33.1 Å². The summed E-state index contributed by atoms with van der Waals surface area (Å²) < 4.78 is 19.6. The molecule has 0 spiro atoms. The minimum absolute atomic E-state index is 0.590. The summed E-state index contributed by atoms with van der Waals surface area (Å²) in [5.41, 5.74) is -1.71. The Bertz CT molecular complexity index is 580. The molecule has 1 aromatic rings. The fourth-order valence-electron chi connectivity index (χ4n) is 1.95. The van der Waals surface area contributed by atoms with Crippen molar-refractivity contribution in [1.29, 1.82) is 0 Å². The van der Waals surface area contributed by atoms with Gasteiger partial charge < -0.3 is 20.1 Å². The van der Waals surface area contributed by atoms with Gasteiger partial charge in [0.2, 0.25) is 0 Å². The second kappa shape index (κ2) is 4.53. The van der Waals surface area contributed by atoms with Crippen molar-refractivity contribution in [3.8, 4) is 0 Å². The van der Waals surface area contributed by atoms with Gasteiger partial charge in [0, 0.05) is 12.3 Å². The average molecular weight is 276 g/mol. The van der Waals surface area contributed by atoms with Crippen LogP contribution >= 0.6 is 0 Å². The highest BCUT2D eigenvalue weighted by atomic mass is 19.2. The third-order valence-electron chi connectivity index (χ3n) is 2.94. The molecule has 0 aromatic carbocycles. The van der Waals surface area contributed by atoms with E-state index >= 15 is 0 Å². The summed E-state index contributed by atoms with van der Waals surface area (Å²) in [4.78, 5) is 24.3. The van der Waals surface area contributed by atoms with Crippen LogP contribution in [0.5, 0.6) is 0 Å². The molecule has 0 radical (unpaired) electrons. The molecule has 1 fully saturated rings. The molecule has 1 aromatic heterocycles. The van der Waals surface area contributed by atoms with Gasteiger partial charge in [0.15, 0.2) is 6.23 Å². The summed E-state index contributed by atoms with van der Waals surface area (Å²) in [6.07, 6.45) is -5.64. The molecule has 4 N–H and O–H groups in total. The highest BCUT2D eigenvalue weighted by molar-refractivity contribution is 4.99. The lowest BCUT2D eigenvalue weighted by Gasteiger charge is -2.23. The molecule has 0 saturated carbocycles. The molecule has 0 bridgehead atoms. The molecular weight excluding hydrogens is 263 g/mol. The molecule has 0 aliphatic carbocycles. The molecule has 2 unspecified atom stereocenters. The summed E-state index contributed by atoms with van der Waals surface area (Å²) in [6.45, 7) is 1.24. The number of halogens is 1. The van der Waals surface area contributed by atoms with E-state index in [0.717, 1.165) is 12.3 Å². The van der Waals surface area contributed by atoms with Gasteiger partial charge in [-0.3, -0.25) is 14.3 Å². The van der Waals surface area contributed by atoms with E-state index in [1.165, 1.54) is 6.92 Å². The van der Waals surface area contributed by atoms with E-state index in [-0.39, 0.29) is 0 Å². The largest absolute Gasteiger partial charge is 0.391 e. The van der Waals surface area contributed by atoms with Crippen LogP contribution in [-0.4, -0.2) is 49.0 Å². The maximum Gasteiger partial charge on any atom is 0.330 e. The van der Waals surface area contributed by atoms with E-state index in [0.29, 0.717) is 4.57 Å². The van der Waals surface area contributed by atoms with Gasteiger partial charge >= 0.3 is 5.69 Å². The SMILES string of the molecule is CC(O)[C@H]1OC(n2ccc(=O)[nH]c2=O)[C@](O)(F)[C@@H]1O. The number of hydrogen-bond acceptors (Lipinski definition) is 6. The fourth-order valence-corrected chi connectivity index (χ4v) is 1.95. The molecule has 1 aliphatic rings. The summed E-state index contributed by atoms with van der Waals surface area (Å²) in [5, 5.41) is 28.5. The molecule has 9 heteroatoms. The smallest absolute Gasteiger partial charge is 0.330 e. The van der Waals surface area contributed by atoms with Crippen LogP contribution in [0.25, 0.3) is 0 Å². The summed E-state index contributed by atoms with van der Waals surface area (Å²) in [6, 6.07) is 0.933. The topological polar surface area (TPSA) is 125 Å². The van der Waals surface area contributed by atoms with Crippen molar-refractivity contribution >= 4 is 0 Å². The Morgan fingerprint density at radius 3 is 2.68 bits per heavy atom. The van der Waals surface area contributed by atoms with E-state index in [1.807, 2.05) is 4.98 Å². The van der Waals surface area contributed by atoms with Crippen LogP contribution in [0, 0.1) is 0 Å². The number of nitrogens with zero attached hydrogens (tertiary/aromatic N) is 1. The van der Waals surface area contributed by atoms with Crippen LogP contribution < -0.4 is 11.2 Å². The third-order valence-corrected chi connectivity index (χ3v) is 2.94. The van der Waals surface area contributed by atoms with Crippen LogP contribution in [0.15, 0.2) is 21.9 Å². The second-order valence-corrected chi connectivity index (χ2v) is 4.38. The molecule has 8 nitrogen and oxygen atoms in total. The zero-order valence-corrected chi connectivity index (χ0v) is 9.86. The van der Waals surface area contributed by atoms with Gasteiger partial charge in [-0.15, -0.1) is 0 Å². The highest BCUT2D eigenvalue weighted by Crippen LogP contribution is 2.39. The first-order valence-corrected chi connectivity index (χ1v) is 5.49. The quantitative estimate of drug-likeness (QED) is 0.487. The predicted octanol–water partition coefficient (Wildman–Crippen LogP) is -2.17. The maximum atomic E-state index is 14.1. The number of aliphatic hydroxyl groups is 3. The molecule has 2 heterocycles. The van der Waals surface area contributed by atoms with Gasteiger partial charge in [0.25, 0.3) is 11.4 Å². The molecular formula is C10H13FN2O6. The Morgan fingerprint density at radius 2 is 2.21 bits per heavy atom. The van der Waals surface area contributed by atoms with Crippen molar-refractivity contribution < 1.29 is 24.4 Å². The number of ether oxygens (including phenoxy) is 1. The van der Waals surface area contributed by atoms with E-state index in [2.05, 4.69) is 0 Å². The zero-order chi connectivity index (χ0) is 14.4. The van der Waals surface area contributed by atoms with Crippen molar-refractivity contribution in [3.63, 3.8) is 0 Å². The van der Waals surface area contributed by atoms with Crippen LogP contribution in [-0.2, 0) is 4.74 Å². The number of aromatic amines is 1. The number of nitrogens with one attached hydrogen (secondary N) is 1. The summed E-state index contributed by atoms with van der Waals surface area (Å²) in [7, 11) is 0. The van der Waals surface area contributed by atoms with Gasteiger partial charge in [-0.05, 0) is 6.92 Å². The van der Waals surface area contributed by atoms with Crippen LogP contribution in [0.3, 0.4) is 0 Å². The summed E-state index contributed by atoms with van der Waals surface area (Å²) in [5.74, 6) is -3.27. The molecule has 5 atom stereocenters. The second-order valence-electron chi connectivity index (χ2n) is 4.38. The Kier molecular flexibility index (Phi) is 3.31. The van der Waals surface area contributed by atoms with Crippen molar-refractivity contribution in [2.45, 2.75) is 37.3 Å². The van der Waals surface area contributed by atoms with Crippen molar-refractivity contribution in [2.24, 2.45) is 0 Å². The standard InChI is InChI=1S/C10H13FN2O6/c1-4(14)6-7(16)10(11,18)8(19-6)13-3-2-5(15)12-9(13)17/h2-4,6-8,14,16,18H,1H3,(H,12,15,17)/t4?,6-,7-,8?,10+/m1/s1.